The molecule has 1 amide bonds. The third-order valence-corrected chi connectivity index (χ3v) is 5.48. The zero-order valence-corrected chi connectivity index (χ0v) is 16.0. The Morgan fingerprint density at radius 2 is 2.04 bits per heavy atom. The molecule has 5 nitrogen and oxygen atoms in total. The number of amides is 1. The molecule has 0 aliphatic carbocycles. The first kappa shape index (κ1) is 18.8. The highest BCUT2D eigenvalue weighted by Gasteiger charge is 2.32. The van der Waals surface area contributed by atoms with Crippen molar-refractivity contribution in [1.82, 2.24) is 9.88 Å². The second kappa shape index (κ2) is 7.72. The van der Waals surface area contributed by atoms with E-state index in [2.05, 4.69) is 20.9 Å². The summed E-state index contributed by atoms with van der Waals surface area (Å²) in [6.45, 7) is 2.47. The van der Waals surface area contributed by atoms with E-state index in [1.165, 1.54) is 4.90 Å². The molecule has 2 heterocycles. The fourth-order valence-electron chi connectivity index (χ4n) is 3.15. The Morgan fingerprint density at radius 1 is 1.35 bits per heavy atom. The van der Waals surface area contributed by atoms with Crippen LogP contribution in [0.3, 0.4) is 0 Å². The van der Waals surface area contributed by atoms with Gasteiger partial charge in [-0.05, 0) is 45.1 Å². The summed E-state index contributed by atoms with van der Waals surface area (Å²) in [5.41, 5.74) is 8.72. The summed E-state index contributed by atoms with van der Waals surface area (Å²) in [6, 6.07) is 8.76. The molecule has 138 valence electrons. The summed E-state index contributed by atoms with van der Waals surface area (Å²) in [5.74, 6) is -0.385. The Morgan fingerprint density at radius 3 is 2.62 bits per heavy atom. The fraction of sp³-hybridized carbons (Fsp3) is 0.368. The molecule has 1 fully saturated rings. The third kappa shape index (κ3) is 3.88. The van der Waals surface area contributed by atoms with Crippen LogP contribution in [0.5, 0.6) is 0 Å². The number of nitrogens with zero attached hydrogens (tertiary/aromatic N) is 1. The summed E-state index contributed by atoms with van der Waals surface area (Å²) in [4.78, 5) is 28.1. The largest absolute Gasteiger partial charge is 0.338 e. The van der Waals surface area contributed by atoms with Crippen LogP contribution in [0, 0.1) is 0 Å². The minimum atomic E-state index is -0.947. The number of aromatic nitrogens is 1. The van der Waals surface area contributed by atoms with E-state index in [-0.39, 0.29) is 23.9 Å². The maximum Gasteiger partial charge on any atom is 0.262 e. The number of H-pyrrole nitrogens is 1. The summed E-state index contributed by atoms with van der Waals surface area (Å²) >= 11 is 3.22. The zero-order valence-electron chi connectivity index (χ0n) is 14.4. The number of alkyl halides is 1. The van der Waals surface area contributed by atoms with E-state index < -0.39 is 12.2 Å². The van der Waals surface area contributed by atoms with E-state index in [1.54, 1.807) is 12.3 Å². The number of rotatable bonds is 4. The summed E-state index contributed by atoms with van der Waals surface area (Å²) < 4.78 is 13.8. The topological polar surface area (TPSA) is 79.2 Å². The quantitative estimate of drug-likeness (QED) is 0.796. The van der Waals surface area contributed by atoms with E-state index in [4.69, 9.17) is 5.73 Å². The average molecular weight is 422 g/mol. The molecular formula is C19H21BrFN3O2. The lowest BCUT2D eigenvalue weighted by Gasteiger charge is -2.25. The smallest absolute Gasteiger partial charge is 0.262 e. The molecule has 0 bridgehead atoms. The van der Waals surface area contributed by atoms with E-state index in [0.717, 1.165) is 16.7 Å². The number of carbonyl (C=O) groups is 1. The summed E-state index contributed by atoms with van der Waals surface area (Å²) in [6.07, 6.45) is 1.09. The van der Waals surface area contributed by atoms with Crippen LogP contribution in [0.2, 0.25) is 0 Å². The summed E-state index contributed by atoms with van der Waals surface area (Å²) in [7, 11) is 0. The van der Waals surface area contributed by atoms with Crippen molar-refractivity contribution >= 4 is 21.8 Å². The predicted octanol–water partition coefficient (Wildman–Crippen LogP) is 2.81. The van der Waals surface area contributed by atoms with Gasteiger partial charge in [0.25, 0.3) is 5.56 Å². The number of hydrogen-bond acceptors (Lipinski definition) is 3. The Kier molecular flexibility index (Phi) is 5.58. The van der Waals surface area contributed by atoms with Crippen molar-refractivity contribution in [2.75, 3.05) is 13.1 Å². The molecule has 1 saturated heterocycles. The SMILES string of the molecule is CC(c1ccc(-c2c[nH]c(=O)c(Br)c2)cc1)C(N)C(=O)N1CCC(F)C1. The van der Waals surface area contributed by atoms with Crippen molar-refractivity contribution in [1.29, 1.82) is 0 Å². The zero-order chi connectivity index (χ0) is 18.8. The van der Waals surface area contributed by atoms with E-state index in [1.807, 2.05) is 31.2 Å². The van der Waals surface area contributed by atoms with Crippen molar-refractivity contribution in [2.45, 2.75) is 31.5 Å². The molecule has 26 heavy (non-hydrogen) atoms. The monoisotopic (exact) mass is 421 g/mol. The number of halogens is 2. The minimum absolute atomic E-state index is 0.138. The lowest BCUT2D eigenvalue weighted by molar-refractivity contribution is -0.132. The number of nitrogens with one attached hydrogen (secondary N) is 1. The fourth-order valence-corrected chi connectivity index (χ4v) is 3.51. The van der Waals surface area contributed by atoms with Gasteiger partial charge in [-0.2, -0.15) is 0 Å². The van der Waals surface area contributed by atoms with Crippen molar-refractivity contribution in [3.8, 4) is 11.1 Å². The van der Waals surface area contributed by atoms with Crippen LogP contribution >= 0.6 is 15.9 Å². The molecule has 1 aliphatic rings. The number of nitrogens with two attached hydrogens (primary N) is 1. The van der Waals surface area contributed by atoms with Gasteiger partial charge in [-0.3, -0.25) is 9.59 Å². The van der Waals surface area contributed by atoms with Gasteiger partial charge < -0.3 is 15.6 Å². The molecule has 0 radical (unpaired) electrons. The van der Waals surface area contributed by atoms with Gasteiger partial charge in [0.1, 0.15) is 6.17 Å². The third-order valence-electron chi connectivity index (χ3n) is 4.89. The molecule has 1 aliphatic heterocycles. The van der Waals surface area contributed by atoms with E-state index in [9.17, 15) is 14.0 Å². The highest BCUT2D eigenvalue weighted by atomic mass is 79.9. The van der Waals surface area contributed by atoms with Crippen LogP contribution in [0.25, 0.3) is 11.1 Å². The predicted molar refractivity (Wildman–Crippen MR) is 103 cm³/mol. The Hall–Kier alpha value is -1.99. The standard InChI is InChI=1S/C19H21BrFN3O2/c1-11(17(22)19(26)24-7-6-15(21)10-24)12-2-4-13(5-3-12)14-8-16(20)18(25)23-9-14/h2-5,8-9,11,15,17H,6-7,10,22H2,1H3,(H,23,25). The van der Waals surface area contributed by atoms with Crippen molar-refractivity contribution in [3.05, 3.63) is 56.9 Å². The van der Waals surface area contributed by atoms with Gasteiger partial charge in [0.15, 0.2) is 0 Å². The van der Waals surface area contributed by atoms with Crippen molar-refractivity contribution in [3.63, 3.8) is 0 Å². The first-order valence-electron chi connectivity index (χ1n) is 8.54. The first-order chi connectivity index (χ1) is 12.4. The average Bonchev–Trinajstić information content (AvgIpc) is 3.08. The molecule has 3 atom stereocenters. The number of carbonyl (C=O) groups excluding carboxylic acids is 1. The second-order valence-corrected chi connectivity index (χ2v) is 7.53. The van der Waals surface area contributed by atoms with Gasteiger partial charge in [0, 0.05) is 18.7 Å². The molecule has 0 saturated carbocycles. The molecule has 7 heteroatoms. The van der Waals surface area contributed by atoms with Crippen LogP contribution in [-0.4, -0.2) is 41.1 Å². The van der Waals surface area contributed by atoms with Gasteiger partial charge >= 0.3 is 0 Å². The highest BCUT2D eigenvalue weighted by molar-refractivity contribution is 9.10. The second-order valence-electron chi connectivity index (χ2n) is 6.67. The van der Waals surface area contributed by atoms with Crippen molar-refractivity contribution in [2.24, 2.45) is 5.73 Å². The van der Waals surface area contributed by atoms with Crippen LogP contribution < -0.4 is 11.3 Å². The lowest BCUT2D eigenvalue weighted by Crippen LogP contribution is -2.45. The number of pyridine rings is 1. The van der Waals surface area contributed by atoms with Gasteiger partial charge in [-0.25, -0.2) is 4.39 Å². The Bertz CT molecular complexity index is 853. The first-order valence-corrected chi connectivity index (χ1v) is 9.33. The van der Waals surface area contributed by atoms with Gasteiger partial charge in [-0.1, -0.05) is 31.2 Å². The molecule has 2 aromatic rings. The Balaban J connectivity index is 1.73. The number of hydrogen-bond donors (Lipinski definition) is 2. The van der Waals surface area contributed by atoms with Crippen LogP contribution in [0.15, 0.2) is 45.8 Å². The number of likely N-dealkylation sites (tertiary alicyclic amines) is 1. The highest BCUT2D eigenvalue weighted by Crippen LogP contribution is 2.26. The van der Waals surface area contributed by atoms with E-state index in [0.29, 0.717) is 17.4 Å². The summed E-state index contributed by atoms with van der Waals surface area (Å²) in [5, 5.41) is 0. The molecule has 0 spiro atoms. The number of aromatic amines is 1. The van der Waals surface area contributed by atoms with Crippen LogP contribution in [0.4, 0.5) is 4.39 Å². The minimum Gasteiger partial charge on any atom is -0.338 e. The maximum absolute atomic E-state index is 13.3. The van der Waals surface area contributed by atoms with Crippen molar-refractivity contribution < 1.29 is 9.18 Å². The molecular weight excluding hydrogens is 401 g/mol. The van der Waals surface area contributed by atoms with Crippen LogP contribution in [0.1, 0.15) is 24.8 Å². The molecule has 1 aromatic carbocycles. The van der Waals surface area contributed by atoms with Gasteiger partial charge in [0.2, 0.25) is 5.91 Å². The lowest BCUT2D eigenvalue weighted by atomic mass is 9.91. The van der Waals surface area contributed by atoms with E-state index >= 15 is 0 Å². The van der Waals surface area contributed by atoms with Gasteiger partial charge in [-0.15, -0.1) is 0 Å². The molecule has 3 N–H and O–H groups in total. The number of benzene rings is 1. The van der Waals surface area contributed by atoms with Gasteiger partial charge in [0.05, 0.1) is 17.1 Å². The molecule has 1 aromatic heterocycles. The normalized spacial score (nSPS) is 19.4. The molecule has 3 rings (SSSR count). The van der Waals surface area contributed by atoms with Crippen LogP contribution in [-0.2, 0) is 4.79 Å². The maximum atomic E-state index is 13.3. The Labute approximate surface area is 159 Å². The molecule has 3 unspecified atom stereocenters.